The molecule has 0 bridgehead atoms. The van der Waals surface area contributed by atoms with E-state index in [0.717, 1.165) is 16.9 Å². The van der Waals surface area contributed by atoms with E-state index < -0.39 is 0 Å². The zero-order valence-electron chi connectivity index (χ0n) is 19.2. The summed E-state index contributed by atoms with van der Waals surface area (Å²) in [6.45, 7) is 4.11. The minimum atomic E-state index is -0.0681. The summed E-state index contributed by atoms with van der Waals surface area (Å²) in [6.07, 6.45) is 3.59. The van der Waals surface area contributed by atoms with E-state index in [4.69, 9.17) is 13.9 Å². The third-order valence-electron chi connectivity index (χ3n) is 5.57. The number of benzene rings is 2. The highest BCUT2D eigenvalue weighted by atomic mass is 16.5. The number of hydrogen-bond acceptors (Lipinski definition) is 7. The van der Waals surface area contributed by atoms with Gasteiger partial charge in [-0.05, 0) is 42.8 Å². The molecule has 3 aromatic rings. The van der Waals surface area contributed by atoms with E-state index in [1.165, 1.54) is 0 Å². The number of aryl methyl sites for hydroxylation is 1. The van der Waals surface area contributed by atoms with Gasteiger partial charge in [0.25, 0.3) is 5.91 Å². The Morgan fingerprint density at radius 2 is 1.74 bits per heavy atom. The highest BCUT2D eigenvalue weighted by Gasteiger charge is 2.26. The second-order valence-electron chi connectivity index (χ2n) is 7.89. The lowest BCUT2D eigenvalue weighted by Gasteiger charge is -2.34. The first-order valence-corrected chi connectivity index (χ1v) is 11.0. The predicted octanol–water partition coefficient (Wildman–Crippen LogP) is 3.76. The number of rotatable bonds is 7. The van der Waals surface area contributed by atoms with Crippen molar-refractivity contribution >= 4 is 23.9 Å². The molecule has 1 aliphatic rings. The van der Waals surface area contributed by atoms with Crippen LogP contribution in [0.5, 0.6) is 11.5 Å². The molecule has 0 N–H and O–H groups in total. The van der Waals surface area contributed by atoms with Crippen LogP contribution in [0.4, 0.5) is 5.88 Å². The summed E-state index contributed by atoms with van der Waals surface area (Å²) in [7, 11) is 1.62. The fourth-order valence-corrected chi connectivity index (χ4v) is 3.60. The molecule has 0 radical (unpaired) electrons. The second-order valence-corrected chi connectivity index (χ2v) is 7.89. The van der Waals surface area contributed by atoms with Crippen molar-refractivity contribution in [1.29, 1.82) is 5.26 Å². The normalized spacial score (nSPS) is 13.7. The van der Waals surface area contributed by atoms with Gasteiger partial charge >= 0.3 is 0 Å². The van der Waals surface area contributed by atoms with Gasteiger partial charge in [0.15, 0.2) is 6.61 Å². The Balaban J connectivity index is 1.33. The van der Waals surface area contributed by atoms with Gasteiger partial charge in [0.1, 0.15) is 17.6 Å². The number of carbonyl (C=O) groups is 1. The smallest absolute Gasteiger partial charge is 0.260 e. The lowest BCUT2D eigenvalue weighted by atomic mass is 10.2. The lowest BCUT2D eigenvalue weighted by Crippen LogP contribution is -2.50. The average Bonchev–Trinajstić information content (AvgIpc) is 3.31. The van der Waals surface area contributed by atoms with Crippen molar-refractivity contribution in [2.75, 3.05) is 44.8 Å². The quantitative estimate of drug-likeness (QED) is 0.532. The fraction of sp³-hybridized carbons (Fsp3) is 0.269. The molecule has 8 nitrogen and oxygen atoms in total. The van der Waals surface area contributed by atoms with Crippen molar-refractivity contribution in [2.45, 2.75) is 6.92 Å². The predicted molar refractivity (Wildman–Crippen MR) is 129 cm³/mol. The molecule has 0 spiro atoms. The van der Waals surface area contributed by atoms with Crippen LogP contribution in [0.3, 0.4) is 0 Å². The molecule has 8 heteroatoms. The Morgan fingerprint density at radius 3 is 2.38 bits per heavy atom. The monoisotopic (exact) mass is 458 g/mol. The molecule has 0 atom stereocenters. The molecule has 174 valence electrons. The summed E-state index contributed by atoms with van der Waals surface area (Å²) in [5.41, 5.74) is 2.33. The van der Waals surface area contributed by atoms with Crippen LogP contribution in [0.1, 0.15) is 22.7 Å². The van der Waals surface area contributed by atoms with E-state index >= 15 is 0 Å². The van der Waals surface area contributed by atoms with E-state index in [2.05, 4.69) is 11.1 Å². The number of piperazine rings is 1. The summed E-state index contributed by atoms with van der Waals surface area (Å²) < 4.78 is 16.7. The summed E-state index contributed by atoms with van der Waals surface area (Å²) in [6, 6.07) is 17.3. The number of oxazole rings is 1. The summed E-state index contributed by atoms with van der Waals surface area (Å²) in [5.74, 6) is 2.17. The minimum Gasteiger partial charge on any atom is -0.497 e. The van der Waals surface area contributed by atoms with Crippen LogP contribution in [0.15, 0.2) is 52.9 Å². The van der Waals surface area contributed by atoms with E-state index in [-0.39, 0.29) is 18.2 Å². The fourth-order valence-electron chi connectivity index (χ4n) is 3.60. The number of methoxy groups -OCH3 is 1. The molecule has 1 saturated heterocycles. The SMILES string of the molecule is COc1ccc(/C=C/c2nc(C#N)c(N3CCN(C(=O)COc4ccc(C)cc4)CC3)o2)cc1. The maximum Gasteiger partial charge on any atom is 0.260 e. The third-order valence-corrected chi connectivity index (χ3v) is 5.57. The minimum absolute atomic E-state index is 0.00484. The van der Waals surface area contributed by atoms with Crippen molar-refractivity contribution in [1.82, 2.24) is 9.88 Å². The third kappa shape index (κ3) is 5.56. The first-order valence-electron chi connectivity index (χ1n) is 11.0. The largest absolute Gasteiger partial charge is 0.497 e. The molecule has 0 aliphatic carbocycles. The maximum atomic E-state index is 12.5. The van der Waals surface area contributed by atoms with Crippen molar-refractivity contribution in [2.24, 2.45) is 0 Å². The maximum absolute atomic E-state index is 12.5. The first kappa shape index (κ1) is 22.9. The van der Waals surface area contributed by atoms with Gasteiger partial charge in [-0.1, -0.05) is 29.8 Å². The van der Waals surface area contributed by atoms with Crippen LogP contribution in [0.2, 0.25) is 0 Å². The Morgan fingerprint density at radius 1 is 1.06 bits per heavy atom. The molecule has 0 saturated carbocycles. The van der Waals surface area contributed by atoms with Crippen LogP contribution in [0, 0.1) is 18.3 Å². The van der Waals surface area contributed by atoms with Gasteiger partial charge in [-0.25, -0.2) is 0 Å². The number of anilines is 1. The van der Waals surface area contributed by atoms with Gasteiger partial charge in [-0.15, -0.1) is 0 Å². The Kier molecular flexibility index (Phi) is 7.13. The van der Waals surface area contributed by atoms with Gasteiger partial charge in [0.05, 0.1) is 7.11 Å². The van der Waals surface area contributed by atoms with Gasteiger partial charge < -0.3 is 23.7 Å². The topological polar surface area (TPSA) is 91.8 Å². The summed E-state index contributed by atoms with van der Waals surface area (Å²) in [5, 5.41) is 9.52. The molecule has 2 aromatic carbocycles. The number of ether oxygens (including phenoxy) is 2. The number of nitrogens with zero attached hydrogens (tertiary/aromatic N) is 4. The zero-order chi connectivity index (χ0) is 23.9. The zero-order valence-corrected chi connectivity index (χ0v) is 19.2. The van der Waals surface area contributed by atoms with Crippen LogP contribution in [-0.4, -0.2) is 55.7 Å². The van der Waals surface area contributed by atoms with Crippen molar-refractivity contribution in [3.63, 3.8) is 0 Å². The second kappa shape index (κ2) is 10.6. The number of aromatic nitrogens is 1. The molecule has 0 unspecified atom stereocenters. The number of nitriles is 1. The molecular formula is C26H26N4O4. The van der Waals surface area contributed by atoms with Crippen molar-refractivity contribution in [3.05, 3.63) is 71.2 Å². The molecular weight excluding hydrogens is 432 g/mol. The van der Waals surface area contributed by atoms with E-state index in [1.54, 1.807) is 18.1 Å². The van der Waals surface area contributed by atoms with Crippen LogP contribution >= 0.6 is 0 Å². The van der Waals surface area contributed by atoms with E-state index in [9.17, 15) is 10.1 Å². The number of carbonyl (C=O) groups excluding carboxylic acids is 1. The van der Waals surface area contributed by atoms with Gasteiger partial charge in [-0.2, -0.15) is 10.2 Å². The molecule has 1 amide bonds. The number of amides is 1. The Bertz CT molecular complexity index is 1190. The first-order chi connectivity index (χ1) is 16.6. The molecule has 1 aliphatic heterocycles. The van der Waals surface area contributed by atoms with Gasteiger partial charge in [0.2, 0.25) is 17.5 Å². The van der Waals surface area contributed by atoms with Crippen LogP contribution < -0.4 is 14.4 Å². The molecule has 1 aromatic heterocycles. The number of hydrogen-bond donors (Lipinski definition) is 0. The van der Waals surface area contributed by atoms with Crippen molar-refractivity contribution in [3.8, 4) is 17.6 Å². The molecule has 1 fully saturated rings. The Hall–Kier alpha value is -4.25. The molecule has 4 rings (SSSR count). The highest BCUT2D eigenvalue weighted by Crippen LogP contribution is 2.24. The van der Waals surface area contributed by atoms with E-state index in [1.807, 2.05) is 66.4 Å². The molecule has 2 heterocycles. The van der Waals surface area contributed by atoms with Crippen LogP contribution in [-0.2, 0) is 4.79 Å². The lowest BCUT2D eigenvalue weighted by molar-refractivity contribution is -0.133. The summed E-state index contributed by atoms with van der Waals surface area (Å²) in [4.78, 5) is 20.5. The van der Waals surface area contributed by atoms with E-state index in [0.29, 0.717) is 43.7 Å². The summed E-state index contributed by atoms with van der Waals surface area (Å²) >= 11 is 0. The Labute approximate surface area is 198 Å². The van der Waals surface area contributed by atoms with Crippen molar-refractivity contribution < 1.29 is 18.7 Å². The van der Waals surface area contributed by atoms with Gasteiger partial charge in [-0.3, -0.25) is 4.79 Å². The van der Waals surface area contributed by atoms with Crippen LogP contribution in [0.25, 0.3) is 12.2 Å². The average molecular weight is 459 g/mol. The highest BCUT2D eigenvalue weighted by molar-refractivity contribution is 5.78. The standard InChI is InChI=1S/C26H26N4O4/c1-19-3-8-22(9-4-19)33-18-25(31)29-13-15-30(16-14-29)26-23(17-27)28-24(34-26)12-7-20-5-10-21(32-2)11-6-20/h3-12H,13-16,18H2,1-2H3/b12-7+. The molecule has 34 heavy (non-hydrogen) atoms. The van der Waals surface area contributed by atoms with Gasteiger partial charge in [0, 0.05) is 32.3 Å².